The number of carbonyl (C=O) groups is 1. The average Bonchev–Trinajstić information content (AvgIpc) is 2.46. The molecule has 0 aromatic carbocycles. The van der Waals surface area contributed by atoms with Gasteiger partial charge in [-0.15, -0.1) is 0 Å². The molecule has 0 atom stereocenters. The summed E-state index contributed by atoms with van der Waals surface area (Å²) in [5.74, 6) is 0.523. The molecule has 1 heterocycles. The highest BCUT2D eigenvalue weighted by molar-refractivity contribution is 5.92. The molecule has 1 rings (SSSR count). The van der Waals surface area contributed by atoms with Crippen LogP contribution in [-0.2, 0) is 7.05 Å². The number of nitrogens with one attached hydrogen (secondary N) is 1. The zero-order chi connectivity index (χ0) is 11.4. The molecule has 0 aliphatic heterocycles. The topological polar surface area (TPSA) is 46.9 Å². The summed E-state index contributed by atoms with van der Waals surface area (Å²) in [5, 5.41) is 6.97. The van der Waals surface area contributed by atoms with Gasteiger partial charge in [-0.3, -0.25) is 9.48 Å². The summed E-state index contributed by atoms with van der Waals surface area (Å²) >= 11 is 0. The SMILES string of the molecule is Cc1cc(C(=O)NCCC(C)C)nn1C. The van der Waals surface area contributed by atoms with E-state index in [1.807, 2.05) is 14.0 Å². The van der Waals surface area contributed by atoms with Crippen LogP contribution in [0.25, 0.3) is 0 Å². The molecule has 4 heteroatoms. The van der Waals surface area contributed by atoms with Crippen LogP contribution in [0.5, 0.6) is 0 Å². The maximum atomic E-state index is 11.6. The first kappa shape index (κ1) is 11.8. The van der Waals surface area contributed by atoms with Gasteiger partial charge in [0.05, 0.1) is 0 Å². The van der Waals surface area contributed by atoms with Gasteiger partial charge in [-0.05, 0) is 25.3 Å². The molecular formula is C11H19N3O. The third-order valence-electron chi connectivity index (χ3n) is 2.35. The number of hydrogen-bond acceptors (Lipinski definition) is 2. The molecule has 4 nitrogen and oxygen atoms in total. The number of carbonyl (C=O) groups excluding carboxylic acids is 1. The summed E-state index contributed by atoms with van der Waals surface area (Å²) in [5.41, 5.74) is 1.49. The molecule has 0 fully saturated rings. The Kier molecular flexibility index (Phi) is 3.88. The van der Waals surface area contributed by atoms with Crippen LogP contribution in [0, 0.1) is 12.8 Å². The van der Waals surface area contributed by atoms with Gasteiger partial charge >= 0.3 is 0 Å². The van der Waals surface area contributed by atoms with Gasteiger partial charge in [-0.1, -0.05) is 13.8 Å². The highest BCUT2D eigenvalue weighted by Gasteiger charge is 2.09. The summed E-state index contributed by atoms with van der Waals surface area (Å²) in [6, 6.07) is 1.80. The maximum absolute atomic E-state index is 11.6. The van der Waals surface area contributed by atoms with Crippen molar-refractivity contribution in [3.8, 4) is 0 Å². The van der Waals surface area contributed by atoms with Crippen molar-refractivity contribution in [1.29, 1.82) is 0 Å². The number of hydrogen-bond donors (Lipinski definition) is 1. The van der Waals surface area contributed by atoms with Crippen LogP contribution < -0.4 is 5.32 Å². The summed E-state index contributed by atoms with van der Waals surface area (Å²) in [6.45, 7) is 6.91. The smallest absolute Gasteiger partial charge is 0.271 e. The normalized spacial score (nSPS) is 10.7. The lowest BCUT2D eigenvalue weighted by Gasteiger charge is -2.05. The number of rotatable bonds is 4. The largest absolute Gasteiger partial charge is 0.351 e. The zero-order valence-corrected chi connectivity index (χ0v) is 9.87. The Labute approximate surface area is 90.7 Å². The van der Waals surface area contributed by atoms with Crippen LogP contribution in [0.1, 0.15) is 36.5 Å². The summed E-state index contributed by atoms with van der Waals surface area (Å²) in [4.78, 5) is 11.6. The fourth-order valence-corrected chi connectivity index (χ4v) is 1.24. The van der Waals surface area contributed by atoms with E-state index in [1.54, 1.807) is 10.7 Å². The molecule has 0 spiro atoms. The second-order valence-electron chi connectivity index (χ2n) is 4.23. The minimum absolute atomic E-state index is 0.0839. The van der Waals surface area contributed by atoms with Crippen molar-refractivity contribution in [1.82, 2.24) is 15.1 Å². The Morgan fingerprint density at radius 1 is 1.60 bits per heavy atom. The van der Waals surface area contributed by atoms with Crippen molar-refractivity contribution in [2.75, 3.05) is 6.54 Å². The van der Waals surface area contributed by atoms with Crippen LogP contribution in [0.15, 0.2) is 6.07 Å². The highest BCUT2D eigenvalue weighted by Crippen LogP contribution is 2.01. The minimum atomic E-state index is -0.0839. The Bertz CT molecular complexity index is 322. The lowest BCUT2D eigenvalue weighted by atomic mass is 10.1. The predicted octanol–water partition coefficient (Wildman–Crippen LogP) is 1.50. The molecule has 0 saturated carbocycles. The average molecular weight is 209 g/mol. The molecule has 1 amide bonds. The van der Waals surface area contributed by atoms with Crippen LogP contribution in [0.4, 0.5) is 0 Å². The predicted molar refractivity (Wildman–Crippen MR) is 59.7 cm³/mol. The molecule has 0 bridgehead atoms. The van der Waals surface area contributed by atoms with E-state index in [4.69, 9.17) is 0 Å². The third-order valence-corrected chi connectivity index (χ3v) is 2.35. The van der Waals surface area contributed by atoms with Gasteiger partial charge < -0.3 is 5.32 Å². The quantitative estimate of drug-likeness (QED) is 0.817. The first-order valence-electron chi connectivity index (χ1n) is 5.29. The Morgan fingerprint density at radius 3 is 2.73 bits per heavy atom. The molecule has 0 aliphatic carbocycles. The van der Waals surface area contributed by atoms with Gasteiger partial charge in [0.25, 0.3) is 5.91 Å². The van der Waals surface area contributed by atoms with E-state index >= 15 is 0 Å². The summed E-state index contributed by atoms with van der Waals surface area (Å²) in [7, 11) is 1.83. The van der Waals surface area contributed by atoms with Gasteiger partial charge in [0.2, 0.25) is 0 Å². The van der Waals surface area contributed by atoms with Crippen molar-refractivity contribution in [3.05, 3.63) is 17.5 Å². The van der Waals surface area contributed by atoms with Gasteiger partial charge in [0, 0.05) is 19.3 Å². The second kappa shape index (κ2) is 4.96. The highest BCUT2D eigenvalue weighted by atomic mass is 16.1. The number of amides is 1. The van der Waals surface area contributed by atoms with Crippen LogP contribution in [0.3, 0.4) is 0 Å². The van der Waals surface area contributed by atoms with E-state index in [0.717, 1.165) is 12.1 Å². The molecule has 0 saturated heterocycles. The molecule has 15 heavy (non-hydrogen) atoms. The number of aryl methyl sites for hydroxylation is 2. The molecule has 1 N–H and O–H groups in total. The van der Waals surface area contributed by atoms with E-state index in [-0.39, 0.29) is 5.91 Å². The molecule has 1 aromatic rings. The van der Waals surface area contributed by atoms with Gasteiger partial charge in [0.1, 0.15) is 5.69 Å². The molecule has 84 valence electrons. The first-order valence-corrected chi connectivity index (χ1v) is 5.29. The fourth-order valence-electron chi connectivity index (χ4n) is 1.24. The molecule has 0 unspecified atom stereocenters. The van der Waals surface area contributed by atoms with Crippen molar-refractivity contribution < 1.29 is 4.79 Å². The van der Waals surface area contributed by atoms with Crippen molar-refractivity contribution in [2.24, 2.45) is 13.0 Å². The van der Waals surface area contributed by atoms with E-state index in [1.165, 1.54) is 0 Å². The van der Waals surface area contributed by atoms with Crippen molar-refractivity contribution >= 4 is 5.91 Å². The van der Waals surface area contributed by atoms with E-state index in [0.29, 0.717) is 18.2 Å². The monoisotopic (exact) mass is 209 g/mol. The minimum Gasteiger partial charge on any atom is -0.351 e. The van der Waals surface area contributed by atoms with Gasteiger partial charge in [-0.25, -0.2) is 0 Å². The van der Waals surface area contributed by atoms with E-state index in [2.05, 4.69) is 24.3 Å². The van der Waals surface area contributed by atoms with Crippen molar-refractivity contribution in [2.45, 2.75) is 27.2 Å². The molecule has 0 aliphatic rings. The molecular weight excluding hydrogens is 190 g/mol. The Morgan fingerprint density at radius 2 is 2.27 bits per heavy atom. The Balaban J connectivity index is 2.47. The summed E-state index contributed by atoms with van der Waals surface area (Å²) < 4.78 is 1.71. The van der Waals surface area contributed by atoms with Crippen LogP contribution >= 0.6 is 0 Å². The summed E-state index contributed by atoms with van der Waals surface area (Å²) in [6.07, 6.45) is 0.998. The van der Waals surface area contributed by atoms with Crippen LogP contribution in [0.2, 0.25) is 0 Å². The van der Waals surface area contributed by atoms with Crippen LogP contribution in [-0.4, -0.2) is 22.2 Å². The number of nitrogens with zero attached hydrogens (tertiary/aromatic N) is 2. The van der Waals surface area contributed by atoms with Gasteiger partial charge in [0.15, 0.2) is 0 Å². The third kappa shape index (κ3) is 3.38. The standard InChI is InChI=1S/C11H19N3O/c1-8(2)5-6-12-11(15)10-7-9(3)14(4)13-10/h7-8H,5-6H2,1-4H3,(H,12,15). The molecule has 0 radical (unpaired) electrons. The zero-order valence-electron chi connectivity index (χ0n) is 9.87. The first-order chi connectivity index (χ1) is 7.00. The molecule has 1 aromatic heterocycles. The van der Waals surface area contributed by atoms with Gasteiger partial charge in [-0.2, -0.15) is 5.10 Å². The van der Waals surface area contributed by atoms with E-state index in [9.17, 15) is 4.79 Å². The van der Waals surface area contributed by atoms with Crippen molar-refractivity contribution in [3.63, 3.8) is 0 Å². The van der Waals surface area contributed by atoms with E-state index < -0.39 is 0 Å². The Hall–Kier alpha value is -1.32. The lowest BCUT2D eigenvalue weighted by molar-refractivity contribution is 0.0946. The maximum Gasteiger partial charge on any atom is 0.271 e. The number of aromatic nitrogens is 2. The fraction of sp³-hybridized carbons (Fsp3) is 0.636. The second-order valence-corrected chi connectivity index (χ2v) is 4.23. The lowest BCUT2D eigenvalue weighted by Crippen LogP contribution is -2.25.